The molecule has 1 aromatic heterocycles. The molecule has 2 rings (SSSR count). The molecule has 2 amide bonds. The number of carbonyl (C=O) groups is 2. The maximum atomic E-state index is 12.1. The Labute approximate surface area is 146 Å². The standard InChI is InChI=1S/C18H21ClN2O3/c1-2-15(13-7-9-14(19)10-8-13)21-17(22)6-3-11-20-18(23)16-5-4-12-24-16/h4-5,7-10,12,15H,2-3,6,11H2,1H3,(H,20,23)(H,21,22). The lowest BCUT2D eigenvalue weighted by atomic mass is 10.0. The largest absolute Gasteiger partial charge is 0.459 e. The topological polar surface area (TPSA) is 71.3 Å². The number of furan rings is 1. The van der Waals surface area contributed by atoms with Gasteiger partial charge < -0.3 is 15.1 Å². The number of benzene rings is 1. The average Bonchev–Trinajstić information content (AvgIpc) is 3.12. The van der Waals surface area contributed by atoms with E-state index in [1.165, 1.54) is 6.26 Å². The van der Waals surface area contributed by atoms with Gasteiger partial charge in [-0.2, -0.15) is 0 Å². The second kappa shape index (κ2) is 9.13. The fraction of sp³-hybridized carbons (Fsp3) is 0.333. The smallest absolute Gasteiger partial charge is 0.286 e. The van der Waals surface area contributed by atoms with Crippen molar-refractivity contribution in [3.63, 3.8) is 0 Å². The second-order valence-corrected chi connectivity index (χ2v) is 5.85. The van der Waals surface area contributed by atoms with Gasteiger partial charge in [0.25, 0.3) is 5.91 Å². The third kappa shape index (κ3) is 5.42. The summed E-state index contributed by atoms with van der Waals surface area (Å²) in [6.07, 6.45) is 3.16. The van der Waals surface area contributed by atoms with Crippen LogP contribution in [0.25, 0.3) is 0 Å². The Hall–Kier alpha value is -2.27. The van der Waals surface area contributed by atoms with Gasteiger partial charge in [-0.25, -0.2) is 0 Å². The first-order valence-electron chi connectivity index (χ1n) is 7.96. The molecular weight excluding hydrogens is 328 g/mol. The monoisotopic (exact) mass is 348 g/mol. The lowest BCUT2D eigenvalue weighted by Crippen LogP contribution is -2.29. The van der Waals surface area contributed by atoms with Crippen LogP contribution in [-0.4, -0.2) is 18.4 Å². The fourth-order valence-corrected chi connectivity index (χ4v) is 2.45. The second-order valence-electron chi connectivity index (χ2n) is 5.42. The zero-order chi connectivity index (χ0) is 17.4. The molecule has 2 aromatic rings. The molecule has 6 heteroatoms. The molecule has 0 fully saturated rings. The van der Waals surface area contributed by atoms with Crippen LogP contribution in [0.4, 0.5) is 0 Å². The molecule has 0 aliphatic carbocycles. The molecule has 128 valence electrons. The summed E-state index contributed by atoms with van der Waals surface area (Å²) in [6.45, 7) is 2.44. The number of carbonyl (C=O) groups excluding carboxylic acids is 2. The Bertz CT molecular complexity index is 653. The van der Waals surface area contributed by atoms with Gasteiger partial charge in [-0.1, -0.05) is 30.7 Å². The summed E-state index contributed by atoms with van der Waals surface area (Å²) in [7, 11) is 0. The predicted octanol–water partition coefficient (Wildman–Crippen LogP) is 3.71. The van der Waals surface area contributed by atoms with Crippen LogP contribution in [0.2, 0.25) is 5.02 Å². The lowest BCUT2D eigenvalue weighted by Gasteiger charge is -2.17. The zero-order valence-corrected chi connectivity index (χ0v) is 14.3. The fourth-order valence-electron chi connectivity index (χ4n) is 2.33. The number of rotatable bonds is 8. The molecule has 0 spiro atoms. The third-order valence-electron chi connectivity index (χ3n) is 3.63. The van der Waals surface area contributed by atoms with E-state index in [9.17, 15) is 9.59 Å². The van der Waals surface area contributed by atoms with E-state index < -0.39 is 0 Å². The van der Waals surface area contributed by atoms with Gasteiger partial charge in [-0.15, -0.1) is 0 Å². The van der Waals surface area contributed by atoms with Gasteiger partial charge in [-0.05, 0) is 42.7 Å². The minimum Gasteiger partial charge on any atom is -0.459 e. The molecule has 0 aliphatic heterocycles. The van der Waals surface area contributed by atoms with Gasteiger partial charge in [0.15, 0.2) is 5.76 Å². The minimum absolute atomic E-state index is 0.0347. The van der Waals surface area contributed by atoms with Crippen LogP contribution in [0.15, 0.2) is 47.1 Å². The van der Waals surface area contributed by atoms with Crippen molar-refractivity contribution in [2.45, 2.75) is 32.2 Å². The van der Waals surface area contributed by atoms with Gasteiger partial charge >= 0.3 is 0 Å². The Balaban J connectivity index is 1.72. The Morgan fingerprint density at radius 1 is 1.21 bits per heavy atom. The van der Waals surface area contributed by atoms with E-state index in [0.717, 1.165) is 12.0 Å². The first-order chi connectivity index (χ1) is 11.6. The molecule has 0 radical (unpaired) electrons. The quantitative estimate of drug-likeness (QED) is 0.714. The number of hydrogen-bond acceptors (Lipinski definition) is 3. The molecule has 1 heterocycles. The number of halogens is 1. The van der Waals surface area contributed by atoms with E-state index in [2.05, 4.69) is 10.6 Å². The van der Waals surface area contributed by atoms with Crippen LogP contribution in [0, 0.1) is 0 Å². The van der Waals surface area contributed by atoms with Crippen molar-refractivity contribution in [1.29, 1.82) is 0 Å². The first-order valence-corrected chi connectivity index (χ1v) is 8.34. The summed E-state index contributed by atoms with van der Waals surface area (Å²) in [6, 6.07) is 10.7. The van der Waals surface area contributed by atoms with E-state index in [1.54, 1.807) is 12.1 Å². The number of hydrogen-bond donors (Lipinski definition) is 2. The van der Waals surface area contributed by atoms with Crippen molar-refractivity contribution in [2.75, 3.05) is 6.54 Å². The maximum Gasteiger partial charge on any atom is 0.286 e. The number of amides is 2. The molecule has 2 N–H and O–H groups in total. The molecule has 0 saturated heterocycles. The van der Waals surface area contributed by atoms with E-state index >= 15 is 0 Å². The van der Waals surface area contributed by atoms with Crippen LogP contribution in [0.3, 0.4) is 0 Å². The minimum atomic E-state index is -0.270. The van der Waals surface area contributed by atoms with Crippen molar-refractivity contribution in [3.8, 4) is 0 Å². The van der Waals surface area contributed by atoms with Crippen LogP contribution in [0.5, 0.6) is 0 Å². The maximum absolute atomic E-state index is 12.1. The van der Waals surface area contributed by atoms with Crippen molar-refractivity contribution in [2.24, 2.45) is 0 Å². The first kappa shape index (κ1) is 18.1. The molecule has 5 nitrogen and oxygen atoms in total. The Morgan fingerprint density at radius 3 is 2.58 bits per heavy atom. The number of nitrogens with one attached hydrogen (secondary N) is 2. The highest BCUT2D eigenvalue weighted by Crippen LogP contribution is 2.19. The summed E-state index contributed by atoms with van der Waals surface area (Å²) in [5.74, 6) is -0.0368. The zero-order valence-electron chi connectivity index (χ0n) is 13.5. The van der Waals surface area contributed by atoms with Crippen molar-refractivity contribution < 1.29 is 14.0 Å². The highest BCUT2D eigenvalue weighted by atomic mass is 35.5. The molecule has 0 aliphatic rings. The van der Waals surface area contributed by atoms with Crippen LogP contribution in [-0.2, 0) is 4.79 Å². The van der Waals surface area contributed by atoms with Crippen LogP contribution in [0.1, 0.15) is 48.3 Å². The van der Waals surface area contributed by atoms with Gasteiger partial charge in [0.1, 0.15) is 0 Å². The van der Waals surface area contributed by atoms with Gasteiger partial charge in [-0.3, -0.25) is 9.59 Å². The van der Waals surface area contributed by atoms with E-state index in [-0.39, 0.29) is 23.6 Å². The molecule has 1 unspecified atom stereocenters. The van der Waals surface area contributed by atoms with Gasteiger partial charge in [0.2, 0.25) is 5.91 Å². The van der Waals surface area contributed by atoms with Crippen LogP contribution >= 0.6 is 11.6 Å². The summed E-state index contributed by atoms with van der Waals surface area (Å²) in [4.78, 5) is 23.7. The van der Waals surface area contributed by atoms with Crippen molar-refractivity contribution in [1.82, 2.24) is 10.6 Å². The Morgan fingerprint density at radius 2 is 1.96 bits per heavy atom. The van der Waals surface area contributed by atoms with E-state index in [0.29, 0.717) is 24.4 Å². The van der Waals surface area contributed by atoms with E-state index in [4.69, 9.17) is 16.0 Å². The molecule has 1 aromatic carbocycles. The van der Waals surface area contributed by atoms with Crippen molar-refractivity contribution in [3.05, 3.63) is 59.0 Å². The lowest BCUT2D eigenvalue weighted by molar-refractivity contribution is -0.122. The summed E-state index contributed by atoms with van der Waals surface area (Å²) in [5.41, 5.74) is 1.03. The van der Waals surface area contributed by atoms with Gasteiger partial charge in [0, 0.05) is 18.0 Å². The highest BCUT2D eigenvalue weighted by Gasteiger charge is 2.13. The normalized spacial score (nSPS) is 11.8. The summed E-state index contributed by atoms with van der Waals surface area (Å²) < 4.78 is 5.00. The molecule has 0 saturated carbocycles. The van der Waals surface area contributed by atoms with E-state index in [1.807, 2.05) is 31.2 Å². The molecular formula is C18H21ClN2O3. The summed E-state index contributed by atoms with van der Waals surface area (Å²) >= 11 is 5.88. The van der Waals surface area contributed by atoms with Gasteiger partial charge in [0.05, 0.1) is 12.3 Å². The molecule has 24 heavy (non-hydrogen) atoms. The Kier molecular flexibility index (Phi) is 6.88. The molecule has 1 atom stereocenters. The SMILES string of the molecule is CCC(NC(=O)CCCNC(=O)c1ccco1)c1ccc(Cl)cc1. The highest BCUT2D eigenvalue weighted by molar-refractivity contribution is 6.30. The summed E-state index contributed by atoms with van der Waals surface area (Å²) in [5, 5.41) is 6.40. The van der Waals surface area contributed by atoms with Crippen molar-refractivity contribution >= 4 is 23.4 Å². The average molecular weight is 349 g/mol. The predicted molar refractivity (Wildman–Crippen MR) is 92.9 cm³/mol. The third-order valence-corrected chi connectivity index (χ3v) is 3.88. The molecule has 0 bridgehead atoms. The van der Waals surface area contributed by atoms with Crippen LogP contribution < -0.4 is 10.6 Å².